The van der Waals surface area contributed by atoms with Crippen molar-refractivity contribution in [1.82, 2.24) is 5.32 Å². The van der Waals surface area contributed by atoms with Crippen molar-refractivity contribution in [2.24, 2.45) is 17.8 Å². The maximum absolute atomic E-state index is 3.64. The Balaban J connectivity index is 2.03. The summed E-state index contributed by atoms with van der Waals surface area (Å²) in [5.74, 6) is 2.76. The first kappa shape index (κ1) is 11.0. The molecule has 0 bridgehead atoms. The second-order valence-corrected chi connectivity index (χ2v) is 5.25. The van der Waals surface area contributed by atoms with E-state index in [0.29, 0.717) is 6.04 Å². The highest BCUT2D eigenvalue weighted by Crippen LogP contribution is 2.36. The van der Waals surface area contributed by atoms with Crippen molar-refractivity contribution in [3.05, 3.63) is 0 Å². The van der Waals surface area contributed by atoms with Gasteiger partial charge in [-0.25, -0.2) is 0 Å². The van der Waals surface area contributed by atoms with Crippen LogP contribution in [-0.2, 0) is 0 Å². The van der Waals surface area contributed by atoms with Crippen LogP contribution in [0.3, 0.4) is 0 Å². The van der Waals surface area contributed by atoms with Crippen molar-refractivity contribution in [3.63, 3.8) is 0 Å². The maximum Gasteiger partial charge on any atom is 0.00412 e. The Kier molecular flexibility index (Phi) is 4.24. The Morgan fingerprint density at radius 3 is 2.23 bits per heavy atom. The predicted octanol–water partition coefficient (Wildman–Crippen LogP) is 3.06. The summed E-state index contributed by atoms with van der Waals surface area (Å²) in [6, 6.07) is 0.696. The molecular weight excluding hydrogens is 158 g/mol. The molecule has 0 heterocycles. The molecule has 0 amide bonds. The third kappa shape index (κ3) is 4.66. The predicted molar refractivity (Wildman–Crippen MR) is 58.8 cm³/mol. The quantitative estimate of drug-likeness (QED) is 0.667. The molecule has 0 aliphatic heterocycles. The lowest BCUT2D eigenvalue weighted by molar-refractivity contribution is 0.388. The molecule has 0 aromatic rings. The molecule has 1 nitrogen and oxygen atoms in total. The molecule has 1 heteroatoms. The zero-order chi connectivity index (χ0) is 9.84. The first-order valence-electron chi connectivity index (χ1n) is 5.83. The molecule has 0 aromatic heterocycles. The Hall–Kier alpha value is -0.0400. The van der Waals surface area contributed by atoms with Gasteiger partial charge < -0.3 is 5.32 Å². The van der Waals surface area contributed by atoms with Crippen LogP contribution in [-0.4, -0.2) is 12.6 Å². The molecule has 13 heavy (non-hydrogen) atoms. The van der Waals surface area contributed by atoms with Gasteiger partial charge >= 0.3 is 0 Å². The summed E-state index contributed by atoms with van der Waals surface area (Å²) < 4.78 is 0. The largest absolute Gasteiger partial charge is 0.314 e. The third-order valence-electron chi connectivity index (χ3n) is 3.04. The zero-order valence-corrected chi connectivity index (χ0v) is 9.64. The van der Waals surface area contributed by atoms with Gasteiger partial charge in [-0.2, -0.15) is 0 Å². The van der Waals surface area contributed by atoms with Crippen LogP contribution in [0.1, 0.15) is 47.0 Å². The van der Waals surface area contributed by atoms with E-state index in [9.17, 15) is 0 Å². The average molecular weight is 183 g/mol. The Labute approximate surface area is 83.3 Å². The molecule has 1 aliphatic carbocycles. The fourth-order valence-corrected chi connectivity index (χ4v) is 2.01. The standard InChI is InChI=1S/C12H25N/c1-9(2)7-11(4)13-8-10(3)12-5-6-12/h9-13H,5-8H2,1-4H3. The molecule has 0 aromatic carbocycles. The highest BCUT2D eigenvalue weighted by molar-refractivity contribution is 4.80. The molecule has 0 spiro atoms. The number of rotatable bonds is 6. The Morgan fingerprint density at radius 1 is 1.15 bits per heavy atom. The first-order valence-corrected chi connectivity index (χ1v) is 5.83. The van der Waals surface area contributed by atoms with Crippen LogP contribution in [0.5, 0.6) is 0 Å². The summed E-state index contributed by atoms with van der Waals surface area (Å²) in [6.07, 6.45) is 4.25. The van der Waals surface area contributed by atoms with E-state index in [1.54, 1.807) is 0 Å². The van der Waals surface area contributed by atoms with Gasteiger partial charge in [-0.05, 0) is 50.5 Å². The smallest absolute Gasteiger partial charge is 0.00412 e. The summed E-state index contributed by atoms with van der Waals surface area (Å²) in [6.45, 7) is 10.5. The van der Waals surface area contributed by atoms with Gasteiger partial charge in [-0.3, -0.25) is 0 Å². The van der Waals surface area contributed by atoms with E-state index in [-0.39, 0.29) is 0 Å². The van der Waals surface area contributed by atoms with E-state index in [0.717, 1.165) is 17.8 Å². The first-order chi connectivity index (χ1) is 6.09. The van der Waals surface area contributed by atoms with Crippen molar-refractivity contribution in [1.29, 1.82) is 0 Å². The van der Waals surface area contributed by atoms with Gasteiger partial charge in [0.25, 0.3) is 0 Å². The third-order valence-corrected chi connectivity index (χ3v) is 3.04. The molecule has 0 saturated heterocycles. The van der Waals surface area contributed by atoms with Crippen LogP contribution >= 0.6 is 0 Å². The van der Waals surface area contributed by atoms with Crippen molar-refractivity contribution >= 4 is 0 Å². The van der Waals surface area contributed by atoms with Crippen molar-refractivity contribution < 1.29 is 0 Å². The molecule has 2 atom stereocenters. The van der Waals surface area contributed by atoms with Crippen molar-refractivity contribution in [2.75, 3.05) is 6.54 Å². The summed E-state index contributed by atoms with van der Waals surface area (Å²) in [5.41, 5.74) is 0. The van der Waals surface area contributed by atoms with Crippen LogP contribution in [0.25, 0.3) is 0 Å². The SMILES string of the molecule is CC(C)CC(C)NCC(C)C1CC1. The van der Waals surface area contributed by atoms with Crippen molar-refractivity contribution in [3.8, 4) is 0 Å². The second-order valence-electron chi connectivity index (χ2n) is 5.25. The maximum atomic E-state index is 3.64. The van der Waals surface area contributed by atoms with E-state index in [4.69, 9.17) is 0 Å². The van der Waals surface area contributed by atoms with Gasteiger partial charge in [-0.15, -0.1) is 0 Å². The lowest BCUT2D eigenvalue weighted by Crippen LogP contribution is -2.31. The average Bonchev–Trinajstić information content (AvgIpc) is 2.80. The van der Waals surface area contributed by atoms with E-state index < -0.39 is 0 Å². The minimum Gasteiger partial charge on any atom is -0.314 e. The van der Waals surface area contributed by atoms with E-state index in [2.05, 4.69) is 33.0 Å². The zero-order valence-electron chi connectivity index (χ0n) is 9.64. The van der Waals surface area contributed by atoms with E-state index in [1.165, 1.54) is 25.8 Å². The molecule has 1 aliphatic rings. The minimum atomic E-state index is 0.696. The minimum absolute atomic E-state index is 0.696. The molecular formula is C12H25N. The van der Waals surface area contributed by atoms with Crippen molar-refractivity contribution in [2.45, 2.75) is 53.0 Å². The normalized spacial score (nSPS) is 21.9. The molecule has 1 rings (SSSR count). The van der Waals surface area contributed by atoms with Crippen LogP contribution in [0.2, 0.25) is 0 Å². The molecule has 1 fully saturated rings. The van der Waals surface area contributed by atoms with Gasteiger partial charge in [0, 0.05) is 6.04 Å². The van der Waals surface area contributed by atoms with Crippen LogP contribution in [0.4, 0.5) is 0 Å². The van der Waals surface area contributed by atoms with Gasteiger partial charge in [0.15, 0.2) is 0 Å². The van der Waals surface area contributed by atoms with Gasteiger partial charge in [0.1, 0.15) is 0 Å². The molecule has 1 N–H and O–H groups in total. The monoisotopic (exact) mass is 183 g/mol. The number of nitrogens with one attached hydrogen (secondary N) is 1. The lowest BCUT2D eigenvalue weighted by atomic mass is 10.0. The summed E-state index contributed by atoms with van der Waals surface area (Å²) in [4.78, 5) is 0. The fourth-order valence-electron chi connectivity index (χ4n) is 2.01. The fraction of sp³-hybridized carbons (Fsp3) is 1.00. The van der Waals surface area contributed by atoms with E-state index >= 15 is 0 Å². The lowest BCUT2D eigenvalue weighted by Gasteiger charge is -2.18. The summed E-state index contributed by atoms with van der Waals surface area (Å²) >= 11 is 0. The van der Waals surface area contributed by atoms with Gasteiger partial charge in [0.2, 0.25) is 0 Å². The molecule has 1 saturated carbocycles. The number of hydrogen-bond donors (Lipinski definition) is 1. The highest BCUT2D eigenvalue weighted by Gasteiger charge is 2.27. The second kappa shape index (κ2) is 4.99. The van der Waals surface area contributed by atoms with Gasteiger partial charge in [0.05, 0.1) is 0 Å². The summed E-state index contributed by atoms with van der Waals surface area (Å²) in [5, 5.41) is 3.64. The summed E-state index contributed by atoms with van der Waals surface area (Å²) in [7, 11) is 0. The molecule has 78 valence electrons. The van der Waals surface area contributed by atoms with Crippen LogP contribution in [0, 0.1) is 17.8 Å². The highest BCUT2D eigenvalue weighted by atomic mass is 14.9. The van der Waals surface area contributed by atoms with E-state index in [1.807, 2.05) is 0 Å². The van der Waals surface area contributed by atoms with Crippen LogP contribution < -0.4 is 5.32 Å². The molecule has 0 radical (unpaired) electrons. The Bertz CT molecular complexity index is 138. The van der Waals surface area contributed by atoms with Gasteiger partial charge in [-0.1, -0.05) is 20.8 Å². The number of hydrogen-bond acceptors (Lipinski definition) is 1. The Morgan fingerprint density at radius 2 is 1.77 bits per heavy atom. The molecule has 2 unspecified atom stereocenters. The van der Waals surface area contributed by atoms with Crippen LogP contribution in [0.15, 0.2) is 0 Å². The topological polar surface area (TPSA) is 12.0 Å².